The maximum Gasteiger partial charge on any atom is 0.410 e. The fourth-order valence-corrected chi connectivity index (χ4v) is 5.55. The van der Waals surface area contributed by atoms with Gasteiger partial charge in [0.1, 0.15) is 18.0 Å². The lowest BCUT2D eigenvalue weighted by Crippen LogP contribution is -2.47. The second-order valence-electron chi connectivity index (χ2n) is 12.4. The summed E-state index contributed by atoms with van der Waals surface area (Å²) in [6, 6.07) is 3.33. The van der Waals surface area contributed by atoms with Crippen LogP contribution < -0.4 is 5.32 Å². The topological polar surface area (TPSA) is 77.9 Å². The lowest BCUT2D eigenvalue weighted by Gasteiger charge is -2.35. The van der Waals surface area contributed by atoms with Gasteiger partial charge >= 0.3 is 6.09 Å². The van der Waals surface area contributed by atoms with Crippen LogP contribution in [0.4, 0.5) is 10.5 Å². The summed E-state index contributed by atoms with van der Waals surface area (Å²) in [5, 5.41) is 4.87. The van der Waals surface area contributed by atoms with Gasteiger partial charge in [-0.05, 0) is 57.7 Å². The Morgan fingerprint density at radius 3 is 2.81 bits per heavy atom. The van der Waals surface area contributed by atoms with E-state index in [1.54, 1.807) is 0 Å². The van der Waals surface area contributed by atoms with Crippen LogP contribution in [0.15, 0.2) is 24.5 Å². The molecule has 1 N–H and O–H groups in total. The number of ether oxygens (including phenoxy) is 3. The Bertz CT molecular complexity index is 1120. The van der Waals surface area contributed by atoms with Crippen LogP contribution in [-0.4, -0.2) is 73.2 Å². The van der Waals surface area contributed by atoms with E-state index >= 15 is 0 Å². The Balaban J connectivity index is 1.57. The number of nitrogens with one attached hydrogen (secondary N) is 1. The van der Waals surface area contributed by atoms with E-state index in [1.165, 1.54) is 11.1 Å². The summed E-state index contributed by atoms with van der Waals surface area (Å²) < 4.78 is 19.5. The minimum absolute atomic E-state index is 0.139. The number of hydrogen-bond donors (Lipinski definition) is 1. The fourth-order valence-electron chi connectivity index (χ4n) is 4.80. The van der Waals surface area contributed by atoms with E-state index in [4.69, 9.17) is 19.2 Å². The van der Waals surface area contributed by atoms with Crippen molar-refractivity contribution >= 4 is 36.5 Å². The second kappa shape index (κ2) is 11.6. The maximum atomic E-state index is 12.7. The number of likely N-dealkylation sites (tertiary alicyclic amines) is 1. The molecule has 0 aliphatic carbocycles. The number of amides is 1. The average Bonchev–Trinajstić information content (AvgIpc) is 3.21. The zero-order valence-corrected chi connectivity index (χ0v) is 24.4. The first-order valence-electron chi connectivity index (χ1n) is 13.6. The average molecular weight is 529 g/mol. The molecule has 4 heterocycles. The minimum Gasteiger partial charge on any atom is -0.444 e. The summed E-state index contributed by atoms with van der Waals surface area (Å²) in [4.78, 5) is 19.3. The van der Waals surface area contributed by atoms with Crippen LogP contribution in [0.1, 0.15) is 45.6 Å². The van der Waals surface area contributed by atoms with Gasteiger partial charge in [-0.3, -0.25) is 0 Å². The van der Waals surface area contributed by atoms with Gasteiger partial charge in [0.05, 0.1) is 13.2 Å². The highest BCUT2D eigenvalue weighted by Gasteiger charge is 2.28. The molecule has 2 aliphatic rings. The molecule has 1 amide bonds. The van der Waals surface area contributed by atoms with Gasteiger partial charge in [-0.2, -0.15) is 0 Å². The lowest BCUT2D eigenvalue weighted by atomic mass is 10.00. The van der Waals surface area contributed by atoms with E-state index in [9.17, 15) is 4.79 Å². The number of anilines is 1. The van der Waals surface area contributed by atoms with Crippen LogP contribution >= 0.6 is 0 Å². The molecule has 0 spiro atoms. The van der Waals surface area contributed by atoms with Crippen LogP contribution in [-0.2, 0) is 20.9 Å². The molecule has 0 radical (unpaired) electrons. The van der Waals surface area contributed by atoms with Crippen molar-refractivity contribution in [1.29, 1.82) is 0 Å². The monoisotopic (exact) mass is 528 g/mol. The van der Waals surface area contributed by atoms with Crippen molar-refractivity contribution < 1.29 is 19.0 Å². The van der Waals surface area contributed by atoms with Gasteiger partial charge in [0.15, 0.2) is 0 Å². The minimum atomic E-state index is -1.15. The third kappa shape index (κ3) is 7.58. The van der Waals surface area contributed by atoms with E-state index in [1.807, 2.05) is 31.9 Å². The molecule has 0 aromatic carbocycles. The van der Waals surface area contributed by atoms with Crippen LogP contribution in [0, 0.1) is 0 Å². The van der Waals surface area contributed by atoms with E-state index in [-0.39, 0.29) is 12.1 Å². The van der Waals surface area contributed by atoms with Gasteiger partial charge in [-0.1, -0.05) is 25.7 Å². The van der Waals surface area contributed by atoms with Gasteiger partial charge in [0.2, 0.25) is 0 Å². The molecule has 37 heavy (non-hydrogen) atoms. The Kier molecular flexibility index (Phi) is 8.65. The molecule has 2 aromatic heterocycles. The smallest absolute Gasteiger partial charge is 0.410 e. The number of rotatable bonds is 8. The highest BCUT2D eigenvalue weighted by molar-refractivity contribution is 6.76. The summed E-state index contributed by atoms with van der Waals surface area (Å²) in [6.07, 6.45) is 8.79. The quantitative estimate of drug-likeness (QED) is 0.336. The molecule has 4 rings (SSSR count). The van der Waals surface area contributed by atoms with E-state index in [0.717, 1.165) is 61.8 Å². The van der Waals surface area contributed by atoms with Crippen molar-refractivity contribution in [1.82, 2.24) is 14.5 Å². The number of carbonyl (C=O) groups is 1. The van der Waals surface area contributed by atoms with Crippen LogP contribution in [0.25, 0.3) is 16.6 Å². The number of hydrogen-bond acceptors (Lipinski definition) is 6. The molecule has 1 fully saturated rings. The molecule has 0 saturated carbocycles. The predicted octanol–water partition coefficient (Wildman–Crippen LogP) is 5.96. The molecule has 2 aliphatic heterocycles. The van der Waals surface area contributed by atoms with Crippen molar-refractivity contribution in [2.75, 3.05) is 38.2 Å². The second-order valence-corrected chi connectivity index (χ2v) is 18.0. The molecule has 1 atom stereocenters. The van der Waals surface area contributed by atoms with Crippen molar-refractivity contribution in [3.63, 3.8) is 0 Å². The third-order valence-corrected chi connectivity index (χ3v) is 8.43. The van der Waals surface area contributed by atoms with Crippen molar-refractivity contribution in [3.8, 4) is 0 Å². The van der Waals surface area contributed by atoms with Crippen molar-refractivity contribution in [2.45, 2.75) is 84.1 Å². The predicted molar refractivity (Wildman–Crippen MR) is 152 cm³/mol. The number of fused-ring (bicyclic) bond motifs is 1. The molecule has 1 saturated heterocycles. The van der Waals surface area contributed by atoms with E-state index in [0.29, 0.717) is 19.9 Å². The lowest BCUT2D eigenvalue weighted by molar-refractivity contribution is 0.0206. The summed E-state index contributed by atoms with van der Waals surface area (Å²) >= 11 is 0. The molecule has 9 heteroatoms. The SMILES string of the molecule is CC(C)(C)OC(=O)N1CCC[C@@H](Nc2ccnc3c2c(C2=CCOCC2)cn3COCC[Si](C)(C)C)C1. The Labute approximate surface area is 222 Å². The first-order chi connectivity index (χ1) is 17.5. The molecule has 0 bridgehead atoms. The molecule has 8 nitrogen and oxygen atoms in total. The van der Waals surface area contributed by atoms with Crippen LogP contribution in [0.3, 0.4) is 0 Å². The molecule has 2 aromatic rings. The summed E-state index contributed by atoms with van der Waals surface area (Å²) in [5.41, 5.74) is 3.93. The molecule has 204 valence electrons. The molecule has 0 unspecified atom stereocenters. The van der Waals surface area contributed by atoms with Crippen molar-refractivity contribution in [2.24, 2.45) is 0 Å². The Hall–Kier alpha value is -2.36. The number of nitrogens with zero attached hydrogens (tertiary/aromatic N) is 3. The summed E-state index contributed by atoms with van der Waals surface area (Å²) in [6.45, 7) is 16.8. The largest absolute Gasteiger partial charge is 0.444 e. The number of pyridine rings is 1. The van der Waals surface area contributed by atoms with Gasteiger partial charge in [-0.25, -0.2) is 9.78 Å². The number of carbonyl (C=O) groups excluding carboxylic acids is 1. The van der Waals surface area contributed by atoms with Gasteiger partial charge < -0.3 is 29.0 Å². The van der Waals surface area contributed by atoms with E-state index in [2.05, 4.69) is 47.9 Å². The van der Waals surface area contributed by atoms with E-state index < -0.39 is 13.7 Å². The summed E-state index contributed by atoms with van der Waals surface area (Å²) in [5.74, 6) is 0. The van der Waals surface area contributed by atoms with Crippen LogP contribution in [0.5, 0.6) is 0 Å². The van der Waals surface area contributed by atoms with Crippen LogP contribution in [0.2, 0.25) is 25.7 Å². The highest BCUT2D eigenvalue weighted by atomic mass is 28.3. The first kappa shape index (κ1) is 27.7. The van der Waals surface area contributed by atoms with Crippen molar-refractivity contribution in [3.05, 3.63) is 30.1 Å². The number of piperidine rings is 1. The third-order valence-electron chi connectivity index (χ3n) is 6.73. The Morgan fingerprint density at radius 1 is 1.30 bits per heavy atom. The normalized spacial score (nSPS) is 19.1. The van der Waals surface area contributed by atoms with Gasteiger partial charge in [0.25, 0.3) is 0 Å². The summed E-state index contributed by atoms with van der Waals surface area (Å²) in [7, 11) is -1.15. The van der Waals surface area contributed by atoms with Gasteiger partial charge in [-0.15, -0.1) is 0 Å². The first-order valence-corrected chi connectivity index (χ1v) is 17.3. The van der Waals surface area contributed by atoms with Gasteiger partial charge in [0, 0.05) is 62.8 Å². The fraction of sp³-hybridized carbons (Fsp3) is 0.643. The number of aromatic nitrogens is 2. The Morgan fingerprint density at radius 2 is 2.11 bits per heavy atom. The zero-order chi connectivity index (χ0) is 26.6. The maximum absolute atomic E-state index is 12.7. The highest BCUT2D eigenvalue weighted by Crippen LogP contribution is 2.35. The standard InChI is InChI=1S/C28H44N4O4Si/c1-28(2,3)36-27(33)31-13-7-8-22(18-31)30-24-9-12-29-26-25(24)23(21-10-14-34-15-11-21)19-32(26)20-35-16-17-37(4,5)6/h9-10,12,19,22H,7-8,11,13-18,20H2,1-6H3,(H,29,30)/t22-/m1/s1. The molecular formula is C28H44N4O4Si. The zero-order valence-electron chi connectivity index (χ0n) is 23.4. The molecular weight excluding hydrogens is 484 g/mol.